The van der Waals surface area contributed by atoms with Gasteiger partial charge in [-0.05, 0) is 25.0 Å². The van der Waals surface area contributed by atoms with Crippen molar-refractivity contribution in [2.75, 3.05) is 26.8 Å². The molecular weight excluding hydrogens is 380 g/mol. The lowest BCUT2D eigenvalue weighted by Crippen LogP contribution is -2.37. The van der Waals surface area contributed by atoms with Gasteiger partial charge in [0.05, 0.1) is 24.2 Å². The van der Waals surface area contributed by atoms with Crippen LogP contribution in [0.15, 0.2) is 18.2 Å². The van der Waals surface area contributed by atoms with Crippen molar-refractivity contribution in [1.29, 1.82) is 0 Å². The normalized spacial score (nSPS) is 10.3. The third kappa shape index (κ3) is 8.71. The summed E-state index contributed by atoms with van der Waals surface area (Å²) >= 11 is 0. The number of amides is 1. The molecule has 160 valence electrons. The molecule has 0 saturated carbocycles. The van der Waals surface area contributed by atoms with Crippen LogP contribution >= 0.6 is 0 Å². The maximum Gasteiger partial charge on any atom is 0.325 e. The Morgan fingerprint density at radius 3 is 2.59 bits per heavy atom. The number of unbranched alkanes of at least 4 members (excludes halogenated alkanes) is 3. The molecule has 0 atom stereocenters. The summed E-state index contributed by atoms with van der Waals surface area (Å²) in [6.07, 6.45) is 4.96. The second kappa shape index (κ2) is 13.2. The lowest BCUT2D eigenvalue weighted by atomic mass is 10.2. The van der Waals surface area contributed by atoms with E-state index in [0.717, 1.165) is 25.7 Å². The quantitative estimate of drug-likeness (QED) is 0.153. The molecule has 0 spiro atoms. The number of rotatable bonds is 14. The van der Waals surface area contributed by atoms with Crippen LogP contribution in [0, 0.1) is 10.1 Å². The van der Waals surface area contributed by atoms with Crippen molar-refractivity contribution in [3.05, 3.63) is 33.9 Å². The Kier molecular flexibility index (Phi) is 11.0. The Balaban J connectivity index is 2.52. The Labute approximate surface area is 170 Å². The van der Waals surface area contributed by atoms with E-state index in [1.165, 1.54) is 30.2 Å². The molecule has 29 heavy (non-hydrogen) atoms. The molecule has 0 heterocycles. The number of aldehydes is 1. The molecule has 0 aliphatic rings. The second-order valence-corrected chi connectivity index (χ2v) is 6.50. The number of carbonyl (C=O) groups excluding carboxylic acids is 3. The fraction of sp³-hybridized carbons (Fsp3) is 0.550. The fourth-order valence-corrected chi connectivity index (χ4v) is 2.70. The predicted octanol–water partition coefficient (Wildman–Crippen LogP) is 3.15. The van der Waals surface area contributed by atoms with E-state index in [2.05, 4.69) is 11.7 Å². The first-order valence-corrected chi connectivity index (χ1v) is 9.63. The van der Waals surface area contributed by atoms with Crippen molar-refractivity contribution >= 4 is 23.9 Å². The van der Waals surface area contributed by atoms with Gasteiger partial charge in [-0.2, -0.15) is 0 Å². The highest BCUT2D eigenvalue weighted by Gasteiger charge is 2.17. The summed E-state index contributed by atoms with van der Waals surface area (Å²) in [6.45, 7) is 2.72. The first-order chi connectivity index (χ1) is 13.9. The van der Waals surface area contributed by atoms with Gasteiger partial charge in [0.1, 0.15) is 12.3 Å². The number of benzene rings is 1. The van der Waals surface area contributed by atoms with Crippen LogP contribution in [0.2, 0.25) is 0 Å². The zero-order valence-corrected chi connectivity index (χ0v) is 16.9. The van der Waals surface area contributed by atoms with Gasteiger partial charge in [-0.1, -0.05) is 26.2 Å². The van der Waals surface area contributed by atoms with Crippen LogP contribution in [-0.4, -0.2) is 54.8 Å². The van der Waals surface area contributed by atoms with Crippen molar-refractivity contribution in [2.24, 2.45) is 0 Å². The highest BCUT2D eigenvalue weighted by Crippen LogP contribution is 2.22. The highest BCUT2D eigenvalue weighted by atomic mass is 16.6. The zero-order chi connectivity index (χ0) is 21.6. The number of nitro benzene ring substituents is 1. The van der Waals surface area contributed by atoms with E-state index in [1.54, 1.807) is 0 Å². The number of methoxy groups -OCH3 is 1. The lowest BCUT2D eigenvalue weighted by molar-refractivity contribution is -0.385. The predicted molar refractivity (Wildman–Crippen MR) is 106 cm³/mol. The third-order valence-corrected chi connectivity index (χ3v) is 4.31. The van der Waals surface area contributed by atoms with Crippen LogP contribution < -0.4 is 4.74 Å². The van der Waals surface area contributed by atoms with Crippen molar-refractivity contribution in [3.63, 3.8) is 0 Å². The zero-order valence-electron chi connectivity index (χ0n) is 16.9. The number of hydrogen-bond acceptors (Lipinski definition) is 7. The summed E-state index contributed by atoms with van der Waals surface area (Å²) in [5, 5.41) is 10.8. The first-order valence-electron chi connectivity index (χ1n) is 9.63. The van der Waals surface area contributed by atoms with Crippen molar-refractivity contribution in [3.8, 4) is 5.75 Å². The standard InChI is InChI=1S/C20H28N2O7/c1-3-4-5-6-11-21(14-20(25)28-2)19(24)8-7-12-29-17-9-10-18(22(26)27)16(13-17)15-23/h9-10,13,15H,3-8,11-12,14H2,1-2H3. The SMILES string of the molecule is CCCCCCN(CC(=O)OC)C(=O)CCCOc1ccc([N+](=O)[O-])c(C=O)c1. The summed E-state index contributed by atoms with van der Waals surface area (Å²) < 4.78 is 10.1. The molecule has 0 unspecified atom stereocenters. The number of ether oxygens (including phenoxy) is 2. The van der Waals surface area contributed by atoms with Crippen LogP contribution in [0.4, 0.5) is 5.69 Å². The maximum atomic E-state index is 12.4. The molecule has 0 aliphatic heterocycles. The Morgan fingerprint density at radius 2 is 1.97 bits per heavy atom. The van der Waals surface area contributed by atoms with Crippen molar-refractivity contribution < 1.29 is 28.8 Å². The van der Waals surface area contributed by atoms with Gasteiger partial charge in [-0.25, -0.2) is 0 Å². The van der Waals surface area contributed by atoms with Gasteiger partial charge in [0.25, 0.3) is 5.69 Å². The van der Waals surface area contributed by atoms with E-state index in [9.17, 15) is 24.5 Å². The van der Waals surface area contributed by atoms with E-state index < -0.39 is 10.9 Å². The molecule has 1 aromatic carbocycles. The molecule has 1 amide bonds. The van der Waals surface area contributed by atoms with Crippen molar-refractivity contribution in [1.82, 2.24) is 4.90 Å². The van der Waals surface area contributed by atoms with Crippen LogP contribution in [0.5, 0.6) is 5.75 Å². The van der Waals surface area contributed by atoms with Gasteiger partial charge < -0.3 is 14.4 Å². The summed E-state index contributed by atoms with van der Waals surface area (Å²) in [5.74, 6) is -0.304. The molecule has 1 aromatic rings. The van der Waals surface area contributed by atoms with E-state index in [-0.39, 0.29) is 36.7 Å². The van der Waals surface area contributed by atoms with Crippen LogP contribution in [0.25, 0.3) is 0 Å². The molecule has 0 aliphatic carbocycles. The minimum absolute atomic E-state index is 0.0695. The summed E-state index contributed by atoms with van der Waals surface area (Å²) in [6, 6.07) is 3.91. The molecule has 0 saturated heterocycles. The van der Waals surface area contributed by atoms with Crippen LogP contribution in [0.1, 0.15) is 55.8 Å². The molecule has 0 aromatic heterocycles. The minimum atomic E-state index is -0.636. The third-order valence-electron chi connectivity index (χ3n) is 4.31. The Bertz CT molecular complexity index is 706. The Hall–Kier alpha value is -2.97. The molecule has 9 nitrogen and oxygen atoms in total. The molecular formula is C20H28N2O7. The fourth-order valence-electron chi connectivity index (χ4n) is 2.70. The van der Waals surface area contributed by atoms with Crippen LogP contribution in [0.3, 0.4) is 0 Å². The molecule has 1 rings (SSSR count). The monoisotopic (exact) mass is 408 g/mol. The molecule has 0 N–H and O–H groups in total. The number of nitrogens with zero attached hydrogens (tertiary/aromatic N) is 2. The number of nitro groups is 1. The van der Waals surface area contributed by atoms with Crippen LogP contribution in [-0.2, 0) is 14.3 Å². The molecule has 0 fully saturated rings. The highest BCUT2D eigenvalue weighted by molar-refractivity contribution is 5.82. The summed E-state index contributed by atoms with van der Waals surface area (Å²) in [7, 11) is 1.29. The average Bonchev–Trinajstić information content (AvgIpc) is 2.72. The minimum Gasteiger partial charge on any atom is -0.494 e. The summed E-state index contributed by atoms with van der Waals surface area (Å²) in [4.78, 5) is 46.6. The second-order valence-electron chi connectivity index (χ2n) is 6.50. The van der Waals surface area contributed by atoms with Gasteiger partial charge in [0.15, 0.2) is 6.29 Å². The smallest absolute Gasteiger partial charge is 0.325 e. The van der Waals surface area contributed by atoms with E-state index >= 15 is 0 Å². The summed E-state index contributed by atoms with van der Waals surface area (Å²) in [5.41, 5.74) is -0.357. The van der Waals surface area contributed by atoms with E-state index in [4.69, 9.17) is 4.74 Å². The van der Waals surface area contributed by atoms with Gasteiger partial charge in [0, 0.05) is 19.0 Å². The number of carbonyl (C=O) groups is 3. The van der Waals surface area contributed by atoms with Crippen molar-refractivity contribution in [2.45, 2.75) is 45.4 Å². The lowest BCUT2D eigenvalue weighted by Gasteiger charge is -2.21. The molecule has 9 heteroatoms. The maximum absolute atomic E-state index is 12.4. The molecule has 0 bridgehead atoms. The molecule has 0 radical (unpaired) electrons. The average molecular weight is 408 g/mol. The number of hydrogen-bond donors (Lipinski definition) is 0. The van der Waals surface area contributed by atoms with Gasteiger partial charge in [-0.3, -0.25) is 24.5 Å². The van der Waals surface area contributed by atoms with E-state index in [0.29, 0.717) is 25.0 Å². The largest absolute Gasteiger partial charge is 0.494 e. The van der Waals surface area contributed by atoms with Gasteiger partial charge in [-0.15, -0.1) is 0 Å². The first kappa shape index (κ1) is 24.1. The Morgan fingerprint density at radius 1 is 1.21 bits per heavy atom. The van der Waals surface area contributed by atoms with Gasteiger partial charge in [0.2, 0.25) is 5.91 Å². The topological polar surface area (TPSA) is 116 Å². The van der Waals surface area contributed by atoms with Gasteiger partial charge >= 0.3 is 5.97 Å². The number of esters is 1. The van der Waals surface area contributed by atoms with E-state index in [1.807, 2.05) is 0 Å².